The topological polar surface area (TPSA) is 49.4 Å². The molecule has 114 valence electrons. The smallest absolute Gasteiger partial charge is 0.151 e. The first kappa shape index (κ1) is 16.9. The van der Waals surface area contributed by atoms with E-state index in [0.29, 0.717) is 12.3 Å². The highest BCUT2D eigenvalue weighted by molar-refractivity contribution is 7.91. The lowest BCUT2D eigenvalue weighted by molar-refractivity contribution is 0.184. The van der Waals surface area contributed by atoms with Gasteiger partial charge in [-0.1, -0.05) is 6.92 Å². The molecule has 0 aromatic heterocycles. The highest BCUT2D eigenvalue weighted by Gasteiger charge is 2.21. The predicted octanol–water partition coefficient (Wildman–Crippen LogP) is 1.52. The number of nitrogens with one attached hydrogen (secondary N) is 1. The molecule has 1 aliphatic heterocycles. The van der Waals surface area contributed by atoms with Gasteiger partial charge in [0.25, 0.3) is 0 Å². The Balaban J connectivity index is 2.22. The minimum Gasteiger partial charge on any atom is -0.312 e. The van der Waals surface area contributed by atoms with Crippen molar-refractivity contribution in [3.63, 3.8) is 0 Å². The van der Waals surface area contributed by atoms with Crippen LogP contribution >= 0.6 is 0 Å². The number of piperidine rings is 1. The van der Waals surface area contributed by atoms with Crippen LogP contribution in [0, 0.1) is 5.92 Å². The molecule has 1 rings (SSSR count). The zero-order chi connectivity index (χ0) is 14.5. The summed E-state index contributed by atoms with van der Waals surface area (Å²) < 4.78 is 23.0. The lowest BCUT2D eigenvalue weighted by Crippen LogP contribution is -2.43. The van der Waals surface area contributed by atoms with E-state index in [1.807, 2.05) is 0 Å². The van der Waals surface area contributed by atoms with Crippen LogP contribution < -0.4 is 5.32 Å². The van der Waals surface area contributed by atoms with Gasteiger partial charge < -0.3 is 10.2 Å². The summed E-state index contributed by atoms with van der Waals surface area (Å²) >= 11 is 0. The van der Waals surface area contributed by atoms with Crippen molar-refractivity contribution >= 4 is 9.84 Å². The maximum atomic E-state index is 11.5. The van der Waals surface area contributed by atoms with Gasteiger partial charge in [0.05, 0.1) is 5.75 Å². The Labute approximate surface area is 118 Å². The molecule has 0 amide bonds. The SMILES string of the molecule is CCS(=O)(=O)CCN1CCC(CNC(C)(C)C)CC1. The van der Waals surface area contributed by atoms with E-state index in [4.69, 9.17) is 0 Å². The summed E-state index contributed by atoms with van der Waals surface area (Å²) in [5, 5.41) is 3.56. The molecule has 0 aromatic rings. The summed E-state index contributed by atoms with van der Waals surface area (Å²) in [6.45, 7) is 12.2. The number of rotatable bonds is 6. The first-order chi connectivity index (χ1) is 8.72. The number of likely N-dealkylation sites (tertiary alicyclic amines) is 1. The molecule has 0 saturated carbocycles. The fraction of sp³-hybridized carbons (Fsp3) is 1.00. The molecular formula is C14H30N2O2S. The van der Waals surface area contributed by atoms with Crippen molar-refractivity contribution in [3.8, 4) is 0 Å². The lowest BCUT2D eigenvalue weighted by atomic mass is 9.95. The van der Waals surface area contributed by atoms with Crippen LogP contribution in [0.2, 0.25) is 0 Å². The summed E-state index contributed by atoms with van der Waals surface area (Å²) in [4.78, 5) is 2.29. The number of nitrogens with zero attached hydrogens (tertiary/aromatic N) is 1. The summed E-state index contributed by atoms with van der Waals surface area (Å²) in [7, 11) is -2.82. The fourth-order valence-corrected chi connectivity index (χ4v) is 3.10. The predicted molar refractivity (Wildman–Crippen MR) is 81.2 cm³/mol. The summed E-state index contributed by atoms with van der Waals surface area (Å²) in [5.41, 5.74) is 0.187. The highest BCUT2D eigenvalue weighted by Crippen LogP contribution is 2.17. The third-order valence-corrected chi connectivity index (χ3v) is 5.47. The minimum absolute atomic E-state index is 0.187. The second-order valence-electron chi connectivity index (χ2n) is 6.65. The third kappa shape index (κ3) is 7.28. The molecule has 0 radical (unpaired) electrons. The molecule has 19 heavy (non-hydrogen) atoms. The maximum absolute atomic E-state index is 11.5. The van der Waals surface area contributed by atoms with E-state index in [0.717, 1.165) is 25.6 Å². The molecule has 5 heteroatoms. The van der Waals surface area contributed by atoms with Crippen molar-refractivity contribution in [1.29, 1.82) is 0 Å². The van der Waals surface area contributed by atoms with Gasteiger partial charge in [-0.2, -0.15) is 0 Å². The first-order valence-electron chi connectivity index (χ1n) is 7.39. The molecular weight excluding hydrogens is 260 g/mol. The van der Waals surface area contributed by atoms with E-state index >= 15 is 0 Å². The molecule has 1 saturated heterocycles. The van der Waals surface area contributed by atoms with E-state index in [1.165, 1.54) is 12.8 Å². The van der Waals surface area contributed by atoms with Gasteiger partial charge in [-0.15, -0.1) is 0 Å². The van der Waals surface area contributed by atoms with Gasteiger partial charge in [0.2, 0.25) is 0 Å². The molecule has 1 aliphatic rings. The molecule has 0 atom stereocenters. The molecule has 1 N–H and O–H groups in total. The molecule has 1 fully saturated rings. The molecule has 4 nitrogen and oxygen atoms in total. The van der Waals surface area contributed by atoms with Crippen LogP contribution in [0.25, 0.3) is 0 Å². The molecule has 1 heterocycles. The Morgan fingerprint density at radius 3 is 2.26 bits per heavy atom. The van der Waals surface area contributed by atoms with Crippen molar-refractivity contribution in [1.82, 2.24) is 10.2 Å². The van der Waals surface area contributed by atoms with Crippen LogP contribution in [-0.4, -0.2) is 56.5 Å². The van der Waals surface area contributed by atoms with Crippen LogP contribution in [0.15, 0.2) is 0 Å². The molecule has 0 aliphatic carbocycles. The van der Waals surface area contributed by atoms with Crippen molar-refractivity contribution in [2.45, 2.75) is 46.1 Å². The Morgan fingerprint density at radius 1 is 1.21 bits per heavy atom. The largest absolute Gasteiger partial charge is 0.312 e. The van der Waals surface area contributed by atoms with Crippen molar-refractivity contribution in [2.24, 2.45) is 5.92 Å². The molecule has 0 unspecified atom stereocenters. The Bertz CT molecular complexity index is 352. The van der Waals surface area contributed by atoms with Crippen LogP contribution in [0.4, 0.5) is 0 Å². The second-order valence-corrected chi connectivity index (χ2v) is 9.13. The fourth-order valence-electron chi connectivity index (χ4n) is 2.28. The normalized spacial score (nSPS) is 19.8. The average Bonchev–Trinajstić information content (AvgIpc) is 2.34. The van der Waals surface area contributed by atoms with Crippen LogP contribution in [0.5, 0.6) is 0 Å². The van der Waals surface area contributed by atoms with E-state index in [-0.39, 0.29) is 11.3 Å². The highest BCUT2D eigenvalue weighted by atomic mass is 32.2. The van der Waals surface area contributed by atoms with Gasteiger partial charge in [-0.3, -0.25) is 0 Å². The average molecular weight is 290 g/mol. The van der Waals surface area contributed by atoms with E-state index in [1.54, 1.807) is 6.92 Å². The lowest BCUT2D eigenvalue weighted by Gasteiger charge is -2.33. The summed E-state index contributed by atoms with van der Waals surface area (Å²) in [6.07, 6.45) is 2.35. The van der Waals surface area contributed by atoms with E-state index in [2.05, 4.69) is 31.0 Å². The summed E-state index contributed by atoms with van der Waals surface area (Å²) in [6, 6.07) is 0. The van der Waals surface area contributed by atoms with Gasteiger partial charge >= 0.3 is 0 Å². The monoisotopic (exact) mass is 290 g/mol. The second kappa shape index (κ2) is 7.04. The van der Waals surface area contributed by atoms with Gasteiger partial charge in [-0.25, -0.2) is 8.42 Å². The van der Waals surface area contributed by atoms with Crippen molar-refractivity contribution in [3.05, 3.63) is 0 Å². The van der Waals surface area contributed by atoms with Crippen molar-refractivity contribution < 1.29 is 8.42 Å². The van der Waals surface area contributed by atoms with Crippen LogP contribution in [-0.2, 0) is 9.84 Å². The zero-order valence-electron chi connectivity index (χ0n) is 12.9. The number of hydrogen-bond acceptors (Lipinski definition) is 4. The Morgan fingerprint density at radius 2 is 1.79 bits per heavy atom. The number of sulfone groups is 1. The molecule has 0 aromatic carbocycles. The Hall–Kier alpha value is -0.130. The molecule has 0 bridgehead atoms. The quantitative estimate of drug-likeness (QED) is 0.806. The Kier molecular flexibility index (Phi) is 6.27. The van der Waals surface area contributed by atoms with Gasteiger partial charge in [-0.05, 0) is 59.2 Å². The minimum atomic E-state index is -2.82. The van der Waals surface area contributed by atoms with Gasteiger partial charge in [0.15, 0.2) is 9.84 Å². The zero-order valence-corrected chi connectivity index (χ0v) is 13.7. The van der Waals surface area contributed by atoms with Crippen LogP contribution in [0.1, 0.15) is 40.5 Å². The van der Waals surface area contributed by atoms with Gasteiger partial charge in [0, 0.05) is 17.8 Å². The first-order valence-corrected chi connectivity index (χ1v) is 9.22. The van der Waals surface area contributed by atoms with Gasteiger partial charge in [0.1, 0.15) is 0 Å². The maximum Gasteiger partial charge on any atom is 0.151 e. The summed E-state index contributed by atoms with van der Waals surface area (Å²) in [5.74, 6) is 1.31. The standard InChI is InChI=1S/C14H30N2O2S/c1-5-19(17,18)11-10-16-8-6-13(7-9-16)12-15-14(2,3)4/h13,15H,5-12H2,1-4H3. The molecule has 0 spiro atoms. The van der Waals surface area contributed by atoms with Crippen LogP contribution in [0.3, 0.4) is 0 Å². The number of hydrogen-bond donors (Lipinski definition) is 1. The third-order valence-electron chi connectivity index (χ3n) is 3.79. The van der Waals surface area contributed by atoms with E-state index in [9.17, 15) is 8.42 Å². The van der Waals surface area contributed by atoms with Crippen molar-refractivity contribution in [2.75, 3.05) is 37.7 Å². The van der Waals surface area contributed by atoms with E-state index < -0.39 is 9.84 Å².